The summed E-state index contributed by atoms with van der Waals surface area (Å²) in [5, 5.41) is 0.640. The molecule has 1 aromatic heterocycles. The van der Waals surface area contributed by atoms with Crippen molar-refractivity contribution in [2.45, 2.75) is 18.9 Å². The Bertz CT molecular complexity index is 972. The fraction of sp³-hybridized carbons (Fsp3) is 0.200. The van der Waals surface area contributed by atoms with Gasteiger partial charge in [0.1, 0.15) is 5.03 Å². The zero-order valence-electron chi connectivity index (χ0n) is 14.6. The van der Waals surface area contributed by atoms with Crippen LogP contribution in [0, 0.1) is 13.8 Å². The minimum absolute atomic E-state index is 0.0765. The number of hydrogen-bond acceptors (Lipinski definition) is 6. The van der Waals surface area contributed by atoms with Crippen LogP contribution in [0.3, 0.4) is 0 Å². The molecule has 0 fully saturated rings. The third-order valence-electron chi connectivity index (χ3n) is 3.82. The first-order chi connectivity index (χ1) is 12.5. The van der Waals surface area contributed by atoms with Crippen LogP contribution in [-0.4, -0.2) is 34.1 Å². The molecule has 3 rings (SSSR count). The number of Topliss-reactive ketones (excluding diaryl/α,β-unsaturated/α-hetero) is 1. The minimum Gasteiger partial charge on any atom is -0.457 e. The number of aromatic nitrogens is 2. The third-order valence-corrected chi connectivity index (χ3v) is 4.69. The molecule has 0 aliphatic heterocycles. The average Bonchev–Trinajstić information content (AvgIpc) is 2.66. The van der Waals surface area contributed by atoms with Gasteiger partial charge in [-0.1, -0.05) is 41.6 Å². The molecule has 3 aromatic rings. The highest BCUT2D eigenvalue weighted by molar-refractivity contribution is 7.99. The van der Waals surface area contributed by atoms with E-state index in [0.29, 0.717) is 10.6 Å². The van der Waals surface area contributed by atoms with Crippen molar-refractivity contribution in [3.05, 3.63) is 65.4 Å². The van der Waals surface area contributed by atoms with Crippen molar-refractivity contribution in [3.8, 4) is 0 Å². The molecule has 0 aliphatic carbocycles. The summed E-state index contributed by atoms with van der Waals surface area (Å²) in [7, 11) is 0. The van der Waals surface area contributed by atoms with Crippen molar-refractivity contribution in [2.75, 3.05) is 12.4 Å². The van der Waals surface area contributed by atoms with E-state index in [-0.39, 0.29) is 18.1 Å². The Kier molecular flexibility index (Phi) is 5.63. The summed E-state index contributed by atoms with van der Waals surface area (Å²) >= 11 is 1.24. The summed E-state index contributed by atoms with van der Waals surface area (Å²) in [6.07, 6.45) is 1.63. The number of esters is 1. The molecular weight excluding hydrogens is 348 g/mol. The number of rotatable bonds is 6. The number of para-hydroxylation sites is 2. The molecule has 0 unspecified atom stereocenters. The van der Waals surface area contributed by atoms with E-state index in [1.165, 1.54) is 11.8 Å². The third kappa shape index (κ3) is 4.46. The van der Waals surface area contributed by atoms with E-state index in [9.17, 15) is 9.59 Å². The van der Waals surface area contributed by atoms with Crippen LogP contribution in [0.1, 0.15) is 21.5 Å². The monoisotopic (exact) mass is 366 g/mol. The summed E-state index contributed by atoms with van der Waals surface area (Å²) in [5.74, 6) is -0.578. The Hall–Kier alpha value is -2.73. The van der Waals surface area contributed by atoms with Gasteiger partial charge < -0.3 is 4.74 Å². The van der Waals surface area contributed by atoms with Crippen molar-refractivity contribution < 1.29 is 14.3 Å². The largest absolute Gasteiger partial charge is 0.457 e. The lowest BCUT2D eigenvalue weighted by molar-refractivity contribution is -0.139. The zero-order chi connectivity index (χ0) is 18.5. The Labute approximate surface area is 155 Å². The van der Waals surface area contributed by atoms with Gasteiger partial charge in [-0.3, -0.25) is 14.6 Å². The summed E-state index contributed by atoms with van der Waals surface area (Å²) in [6.45, 7) is 3.53. The van der Waals surface area contributed by atoms with E-state index in [0.717, 1.165) is 22.2 Å². The highest BCUT2D eigenvalue weighted by Gasteiger charge is 2.13. The smallest absolute Gasteiger partial charge is 0.316 e. The van der Waals surface area contributed by atoms with E-state index < -0.39 is 5.97 Å². The highest BCUT2D eigenvalue weighted by atomic mass is 32.2. The second-order valence-electron chi connectivity index (χ2n) is 5.89. The summed E-state index contributed by atoms with van der Waals surface area (Å²) in [4.78, 5) is 32.9. The molecule has 2 aromatic carbocycles. The molecule has 0 N–H and O–H groups in total. The summed E-state index contributed by atoms with van der Waals surface area (Å²) < 4.78 is 5.10. The molecule has 1 heterocycles. The molecule has 6 heteroatoms. The zero-order valence-corrected chi connectivity index (χ0v) is 15.4. The number of aryl methyl sites for hydroxylation is 2. The van der Waals surface area contributed by atoms with E-state index in [4.69, 9.17) is 4.74 Å². The van der Waals surface area contributed by atoms with Crippen LogP contribution in [0.2, 0.25) is 0 Å². The Morgan fingerprint density at radius 3 is 2.65 bits per heavy atom. The van der Waals surface area contributed by atoms with Gasteiger partial charge in [-0.05, 0) is 37.6 Å². The predicted octanol–water partition coefficient (Wildman–Crippen LogP) is 3.76. The average molecular weight is 366 g/mol. The van der Waals surface area contributed by atoms with Crippen LogP contribution in [0.15, 0.2) is 53.7 Å². The van der Waals surface area contributed by atoms with Crippen molar-refractivity contribution in [1.82, 2.24) is 9.97 Å². The predicted molar refractivity (Wildman–Crippen MR) is 101 cm³/mol. The second kappa shape index (κ2) is 8.10. The number of nitrogens with zero attached hydrogens (tertiary/aromatic N) is 2. The van der Waals surface area contributed by atoms with Crippen molar-refractivity contribution in [3.63, 3.8) is 0 Å². The van der Waals surface area contributed by atoms with E-state index in [2.05, 4.69) is 9.97 Å². The fourth-order valence-electron chi connectivity index (χ4n) is 2.44. The van der Waals surface area contributed by atoms with Crippen LogP contribution < -0.4 is 0 Å². The molecule has 26 heavy (non-hydrogen) atoms. The van der Waals surface area contributed by atoms with Crippen LogP contribution in [0.5, 0.6) is 0 Å². The maximum atomic E-state index is 12.2. The van der Waals surface area contributed by atoms with Gasteiger partial charge in [-0.2, -0.15) is 0 Å². The normalized spacial score (nSPS) is 10.7. The van der Waals surface area contributed by atoms with Gasteiger partial charge in [0.2, 0.25) is 5.78 Å². The van der Waals surface area contributed by atoms with Crippen LogP contribution in [-0.2, 0) is 9.53 Å². The highest BCUT2D eigenvalue weighted by Crippen LogP contribution is 2.18. The molecule has 0 radical (unpaired) electrons. The van der Waals surface area contributed by atoms with Crippen molar-refractivity contribution in [1.29, 1.82) is 0 Å². The van der Waals surface area contributed by atoms with Crippen LogP contribution >= 0.6 is 11.8 Å². The van der Waals surface area contributed by atoms with Crippen molar-refractivity contribution in [2.24, 2.45) is 0 Å². The Morgan fingerprint density at radius 2 is 1.85 bits per heavy atom. The topological polar surface area (TPSA) is 69.2 Å². The lowest BCUT2D eigenvalue weighted by atomic mass is 10.0. The standard InChI is InChI=1S/C20H18N2O3S/c1-13-7-8-14(2)15(9-13)18(23)11-25-20(24)12-26-19-10-21-16-5-3-4-6-17(16)22-19/h3-10H,11-12H2,1-2H3. The second-order valence-corrected chi connectivity index (χ2v) is 6.88. The minimum atomic E-state index is -0.455. The quantitative estimate of drug-likeness (QED) is 0.376. The lowest BCUT2D eigenvalue weighted by Gasteiger charge is -2.07. The number of thioether (sulfide) groups is 1. The van der Waals surface area contributed by atoms with Crippen molar-refractivity contribution >= 4 is 34.5 Å². The number of hydrogen-bond donors (Lipinski definition) is 0. The molecule has 0 bridgehead atoms. The lowest BCUT2D eigenvalue weighted by Crippen LogP contribution is -2.16. The number of benzene rings is 2. The Morgan fingerprint density at radius 1 is 1.08 bits per heavy atom. The number of ketones is 1. The summed E-state index contributed by atoms with van der Waals surface area (Å²) in [6, 6.07) is 13.2. The van der Waals surface area contributed by atoms with Crippen LogP contribution in [0.4, 0.5) is 0 Å². The van der Waals surface area contributed by atoms with E-state index in [1.807, 2.05) is 56.3 Å². The maximum absolute atomic E-state index is 12.2. The number of carbonyl (C=O) groups is 2. The molecule has 0 spiro atoms. The Balaban J connectivity index is 1.53. The molecule has 132 valence electrons. The first-order valence-corrected chi connectivity index (χ1v) is 9.12. The molecular formula is C20H18N2O3S. The number of carbonyl (C=O) groups excluding carboxylic acids is 2. The molecule has 0 amide bonds. The number of ether oxygens (including phenoxy) is 1. The van der Waals surface area contributed by atoms with Gasteiger partial charge in [-0.15, -0.1) is 0 Å². The number of fused-ring (bicyclic) bond motifs is 1. The first-order valence-electron chi connectivity index (χ1n) is 8.13. The van der Waals surface area contributed by atoms with Gasteiger partial charge in [-0.25, -0.2) is 4.98 Å². The molecule has 0 atom stereocenters. The fourth-order valence-corrected chi connectivity index (χ4v) is 3.08. The van der Waals surface area contributed by atoms with Gasteiger partial charge in [0.15, 0.2) is 6.61 Å². The van der Waals surface area contributed by atoms with E-state index in [1.54, 1.807) is 6.20 Å². The van der Waals surface area contributed by atoms with Gasteiger partial charge in [0, 0.05) is 5.56 Å². The SMILES string of the molecule is Cc1ccc(C)c(C(=O)COC(=O)CSc2cnc3ccccc3n2)c1. The maximum Gasteiger partial charge on any atom is 0.316 e. The van der Waals surface area contributed by atoms with E-state index >= 15 is 0 Å². The van der Waals surface area contributed by atoms with Crippen LogP contribution in [0.25, 0.3) is 11.0 Å². The molecule has 0 saturated heterocycles. The van der Waals surface area contributed by atoms with Gasteiger partial charge >= 0.3 is 5.97 Å². The molecule has 0 saturated carbocycles. The summed E-state index contributed by atoms with van der Waals surface area (Å²) in [5.41, 5.74) is 4.04. The molecule has 0 aliphatic rings. The van der Waals surface area contributed by atoms with Gasteiger partial charge in [0.05, 0.1) is 23.0 Å². The first kappa shape index (κ1) is 18.1. The van der Waals surface area contributed by atoms with Gasteiger partial charge in [0.25, 0.3) is 0 Å². The molecule has 5 nitrogen and oxygen atoms in total.